The monoisotopic (exact) mass is 442 g/mol. The van der Waals surface area contributed by atoms with Gasteiger partial charge in [-0.2, -0.15) is 0 Å². The number of aliphatic imine (C=N–C) groups is 1. The van der Waals surface area contributed by atoms with Crippen LogP contribution in [0.25, 0.3) is 0 Å². The van der Waals surface area contributed by atoms with Crippen LogP contribution in [0.2, 0.25) is 0 Å². The second kappa shape index (κ2) is 12.9. The van der Waals surface area contributed by atoms with Gasteiger partial charge in [0.1, 0.15) is 11.5 Å². The summed E-state index contributed by atoms with van der Waals surface area (Å²) in [5.41, 5.74) is 1.99. The number of aliphatic hydroxyl groups is 1. The van der Waals surface area contributed by atoms with E-state index in [1.54, 1.807) is 7.11 Å². The van der Waals surface area contributed by atoms with Gasteiger partial charge >= 0.3 is 0 Å². The molecule has 0 heterocycles. The molecule has 0 aliphatic rings. The Morgan fingerprint density at radius 1 is 0.969 bits per heavy atom. The standard InChI is InChI=1S/C25H38N4O3/c1-7-26-25(27-16-23(29(4)5)19-8-12-21(31-6)13-9-19)28-17-24(30)20-10-14-22(15-11-20)32-18(2)3/h8-15,18,23-24,30H,7,16-17H2,1-6H3,(H2,26,27,28). The zero-order chi connectivity index (χ0) is 23.5. The number of benzene rings is 2. The average Bonchev–Trinajstić information content (AvgIpc) is 2.77. The quantitative estimate of drug-likeness (QED) is 0.366. The molecule has 0 radical (unpaired) electrons. The number of guanidine groups is 1. The summed E-state index contributed by atoms with van der Waals surface area (Å²) >= 11 is 0. The van der Waals surface area contributed by atoms with Crippen LogP contribution in [0.3, 0.4) is 0 Å². The minimum Gasteiger partial charge on any atom is -0.497 e. The lowest BCUT2D eigenvalue weighted by molar-refractivity contribution is 0.180. The Morgan fingerprint density at radius 3 is 2.09 bits per heavy atom. The Labute approximate surface area is 192 Å². The minimum absolute atomic E-state index is 0.120. The van der Waals surface area contributed by atoms with Crippen LogP contribution < -0.4 is 20.1 Å². The number of hydrogen-bond donors (Lipinski definition) is 3. The molecule has 3 N–H and O–H groups in total. The fourth-order valence-electron chi connectivity index (χ4n) is 3.26. The number of rotatable bonds is 11. The number of hydrogen-bond acceptors (Lipinski definition) is 5. The van der Waals surface area contributed by atoms with Crippen molar-refractivity contribution in [3.05, 3.63) is 59.7 Å². The molecule has 32 heavy (non-hydrogen) atoms. The van der Waals surface area contributed by atoms with Crippen molar-refractivity contribution in [2.45, 2.75) is 39.0 Å². The first-order valence-electron chi connectivity index (χ1n) is 11.1. The second-order valence-corrected chi connectivity index (χ2v) is 8.10. The third-order valence-electron chi connectivity index (χ3n) is 4.99. The van der Waals surface area contributed by atoms with Crippen LogP contribution in [0, 0.1) is 0 Å². The number of methoxy groups -OCH3 is 1. The maximum Gasteiger partial charge on any atom is 0.191 e. The van der Waals surface area contributed by atoms with Crippen LogP contribution in [-0.4, -0.2) is 62.9 Å². The molecule has 2 rings (SSSR count). The normalized spacial score (nSPS) is 13.7. The van der Waals surface area contributed by atoms with E-state index < -0.39 is 6.10 Å². The highest BCUT2D eigenvalue weighted by atomic mass is 16.5. The molecule has 2 atom stereocenters. The maximum absolute atomic E-state index is 10.6. The van der Waals surface area contributed by atoms with E-state index in [4.69, 9.17) is 14.5 Å². The Morgan fingerprint density at radius 2 is 1.56 bits per heavy atom. The molecule has 0 aliphatic carbocycles. The van der Waals surface area contributed by atoms with Gasteiger partial charge in [-0.3, -0.25) is 4.99 Å². The Balaban J connectivity index is 2.01. The van der Waals surface area contributed by atoms with Gasteiger partial charge in [-0.05, 0) is 70.3 Å². The molecular formula is C25H38N4O3. The van der Waals surface area contributed by atoms with Gasteiger partial charge in [0, 0.05) is 13.1 Å². The van der Waals surface area contributed by atoms with Gasteiger partial charge in [0.2, 0.25) is 0 Å². The van der Waals surface area contributed by atoms with Crippen LogP contribution >= 0.6 is 0 Å². The van der Waals surface area contributed by atoms with E-state index in [-0.39, 0.29) is 12.1 Å². The summed E-state index contributed by atoms with van der Waals surface area (Å²) in [7, 11) is 5.75. The predicted octanol–water partition coefficient (Wildman–Crippen LogP) is 3.37. The van der Waals surface area contributed by atoms with Crippen LogP contribution in [0.4, 0.5) is 0 Å². The summed E-state index contributed by atoms with van der Waals surface area (Å²) in [5.74, 6) is 2.31. The van der Waals surface area contributed by atoms with E-state index in [0.717, 1.165) is 23.6 Å². The molecule has 0 saturated carbocycles. The molecule has 0 aliphatic heterocycles. The van der Waals surface area contributed by atoms with Crippen molar-refractivity contribution in [3.8, 4) is 11.5 Å². The molecule has 7 heteroatoms. The highest BCUT2D eigenvalue weighted by Crippen LogP contribution is 2.22. The number of aliphatic hydroxyl groups excluding tert-OH is 1. The van der Waals surface area contributed by atoms with E-state index in [1.807, 2.05) is 71.3 Å². The van der Waals surface area contributed by atoms with Crippen molar-refractivity contribution in [3.63, 3.8) is 0 Å². The topological polar surface area (TPSA) is 78.4 Å². The lowest BCUT2D eigenvalue weighted by Crippen LogP contribution is -2.40. The molecule has 2 aromatic carbocycles. The van der Waals surface area contributed by atoms with Gasteiger partial charge < -0.3 is 30.1 Å². The Bertz CT molecular complexity index is 820. The number of nitrogens with zero attached hydrogens (tertiary/aromatic N) is 2. The van der Waals surface area contributed by atoms with Crippen LogP contribution in [0.5, 0.6) is 11.5 Å². The smallest absolute Gasteiger partial charge is 0.191 e. The first-order chi connectivity index (χ1) is 15.3. The third-order valence-corrected chi connectivity index (χ3v) is 4.99. The molecule has 7 nitrogen and oxygen atoms in total. The lowest BCUT2D eigenvalue weighted by atomic mass is 10.1. The van der Waals surface area contributed by atoms with E-state index in [1.165, 1.54) is 5.56 Å². The van der Waals surface area contributed by atoms with Crippen LogP contribution in [-0.2, 0) is 0 Å². The van der Waals surface area contributed by atoms with Gasteiger partial charge in [0.05, 0.1) is 31.9 Å². The first kappa shape index (κ1) is 25.5. The minimum atomic E-state index is -0.654. The molecule has 2 unspecified atom stereocenters. The summed E-state index contributed by atoms with van der Waals surface area (Å²) in [5, 5.41) is 17.1. The second-order valence-electron chi connectivity index (χ2n) is 8.10. The van der Waals surface area contributed by atoms with Gasteiger partial charge in [0.15, 0.2) is 5.96 Å². The van der Waals surface area contributed by atoms with E-state index in [0.29, 0.717) is 19.0 Å². The number of nitrogens with one attached hydrogen (secondary N) is 2. The molecule has 0 fully saturated rings. The zero-order valence-corrected chi connectivity index (χ0v) is 20.1. The molecule has 0 saturated heterocycles. The first-order valence-corrected chi connectivity index (χ1v) is 11.1. The molecule has 0 spiro atoms. The SMILES string of the molecule is CCNC(=NCC(c1ccc(OC)cc1)N(C)C)NCC(O)c1ccc(OC(C)C)cc1. The lowest BCUT2D eigenvalue weighted by Gasteiger charge is -2.24. The average molecular weight is 443 g/mol. The van der Waals surface area contributed by atoms with Gasteiger partial charge in [-0.15, -0.1) is 0 Å². The number of likely N-dealkylation sites (N-methyl/N-ethyl adjacent to an activating group) is 1. The van der Waals surface area contributed by atoms with Crippen molar-refractivity contribution in [1.82, 2.24) is 15.5 Å². The number of ether oxygens (including phenoxy) is 2. The maximum atomic E-state index is 10.6. The van der Waals surface area contributed by atoms with Gasteiger partial charge in [0.25, 0.3) is 0 Å². The van der Waals surface area contributed by atoms with Gasteiger partial charge in [-0.1, -0.05) is 24.3 Å². The van der Waals surface area contributed by atoms with Crippen molar-refractivity contribution in [1.29, 1.82) is 0 Å². The third kappa shape index (κ3) is 8.05. The molecule has 176 valence electrons. The van der Waals surface area contributed by atoms with Crippen molar-refractivity contribution in [2.24, 2.45) is 4.99 Å². The van der Waals surface area contributed by atoms with Crippen molar-refractivity contribution >= 4 is 5.96 Å². The van der Waals surface area contributed by atoms with Crippen molar-refractivity contribution in [2.75, 3.05) is 40.8 Å². The molecule has 0 bridgehead atoms. The predicted molar refractivity (Wildman–Crippen MR) is 131 cm³/mol. The van der Waals surface area contributed by atoms with E-state index in [9.17, 15) is 5.11 Å². The summed E-state index contributed by atoms with van der Waals surface area (Å²) in [6.07, 6.45) is -0.534. The zero-order valence-electron chi connectivity index (χ0n) is 20.1. The summed E-state index contributed by atoms with van der Waals surface area (Å²) in [4.78, 5) is 6.90. The summed E-state index contributed by atoms with van der Waals surface area (Å²) < 4.78 is 10.9. The molecule has 0 amide bonds. The van der Waals surface area contributed by atoms with Gasteiger partial charge in [-0.25, -0.2) is 0 Å². The summed E-state index contributed by atoms with van der Waals surface area (Å²) in [6.45, 7) is 7.66. The van der Waals surface area contributed by atoms with Crippen molar-refractivity contribution < 1.29 is 14.6 Å². The highest BCUT2D eigenvalue weighted by Gasteiger charge is 2.15. The Kier molecular flexibility index (Phi) is 10.3. The summed E-state index contributed by atoms with van der Waals surface area (Å²) in [6, 6.07) is 15.7. The van der Waals surface area contributed by atoms with Crippen LogP contribution in [0.1, 0.15) is 44.0 Å². The van der Waals surface area contributed by atoms with E-state index in [2.05, 4.69) is 27.7 Å². The fourth-order valence-corrected chi connectivity index (χ4v) is 3.26. The Hall–Kier alpha value is -2.77. The fraction of sp³-hybridized carbons (Fsp3) is 0.480. The van der Waals surface area contributed by atoms with Crippen LogP contribution in [0.15, 0.2) is 53.5 Å². The molecular weight excluding hydrogens is 404 g/mol. The molecule has 0 aromatic heterocycles. The molecule has 2 aromatic rings. The largest absolute Gasteiger partial charge is 0.497 e. The van der Waals surface area contributed by atoms with E-state index >= 15 is 0 Å². The highest BCUT2D eigenvalue weighted by molar-refractivity contribution is 5.79.